The van der Waals surface area contributed by atoms with Crippen LogP contribution in [0.3, 0.4) is 0 Å². The molecule has 1 aliphatic carbocycles. The van der Waals surface area contributed by atoms with Crippen LogP contribution in [0.5, 0.6) is 0 Å². The molecule has 0 atom stereocenters. The zero-order valence-corrected chi connectivity index (χ0v) is 19.4. The lowest BCUT2D eigenvalue weighted by atomic mass is 9.68. The molecule has 31 heavy (non-hydrogen) atoms. The van der Waals surface area contributed by atoms with Crippen LogP contribution < -0.4 is 5.56 Å². The summed E-state index contributed by atoms with van der Waals surface area (Å²) in [7, 11) is 1.84. The highest BCUT2D eigenvalue weighted by molar-refractivity contribution is 5.92. The van der Waals surface area contributed by atoms with Gasteiger partial charge in [-0.25, -0.2) is 0 Å². The predicted octanol–water partition coefficient (Wildman–Crippen LogP) is 5.80. The van der Waals surface area contributed by atoms with Crippen LogP contribution in [0.25, 0.3) is 22.2 Å². The lowest BCUT2D eigenvalue weighted by Gasteiger charge is -2.39. The molecule has 3 aromatic rings. The molecule has 1 saturated heterocycles. The van der Waals surface area contributed by atoms with Crippen molar-refractivity contribution >= 4 is 10.9 Å². The fourth-order valence-corrected chi connectivity index (χ4v) is 5.62. The maximum atomic E-state index is 12.4. The molecule has 0 radical (unpaired) electrons. The SMILES string of the molecule is Cc1c(-c2[nH]c3ccc(C4CC(CC5COC5)C4)cc3c2C(C)C)cn(C)c(=O)c1C. The van der Waals surface area contributed by atoms with Crippen molar-refractivity contribution in [2.24, 2.45) is 18.9 Å². The summed E-state index contributed by atoms with van der Waals surface area (Å²) in [5.74, 6) is 2.76. The van der Waals surface area contributed by atoms with Gasteiger partial charge in [0.25, 0.3) is 5.56 Å². The summed E-state index contributed by atoms with van der Waals surface area (Å²) in [6.45, 7) is 10.5. The minimum absolute atomic E-state index is 0.0822. The van der Waals surface area contributed by atoms with E-state index in [4.69, 9.17) is 4.74 Å². The Morgan fingerprint density at radius 2 is 1.87 bits per heavy atom. The fraction of sp³-hybridized carbons (Fsp3) is 0.519. The topological polar surface area (TPSA) is 47.0 Å². The van der Waals surface area contributed by atoms with Crippen molar-refractivity contribution in [1.82, 2.24) is 9.55 Å². The molecular formula is C27H34N2O2. The van der Waals surface area contributed by atoms with Crippen LogP contribution in [0.4, 0.5) is 0 Å². The van der Waals surface area contributed by atoms with Gasteiger partial charge in [0.2, 0.25) is 0 Å². The Kier molecular flexibility index (Phi) is 5.09. The summed E-state index contributed by atoms with van der Waals surface area (Å²) in [5.41, 5.74) is 8.30. The molecule has 1 aliphatic heterocycles. The molecule has 5 rings (SSSR count). The molecule has 1 aromatic carbocycles. The van der Waals surface area contributed by atoms with Gasteiger partial charge < -0.3 is 14.3 Å². The number of nitrogens with zero attached hydrogens (tertiary/aromatic N) is 1. The zero-order chi connectivity index (χ0) is 21.9. The Labute approximate surface area is 184 Å². The molecule has 2 aromatic heterocycles. The molecule has 0 bridgehead atoms. The van der Waals surface area contributed by atoms with Gasteiger partial charge in [0.1, 0.15) is 0 Å². The van der Waals surface area contributed by atoms with Crippen molar-refractivity contribution in [1.29, 1.82) is 0 Å². The monoisotopic (exact) mass is 418 g/mol. The Hall–Kier alpha value is -2.33. The second-order valence-electron chi connectivity index (χ2n) is 10.3. The number of rotatable bonds is 5. The van der Waals surface area contributed by atoms with E-state index in [1.807, 2.05) is 20.2 Å². The van der Waals surface area contributed by atoms with Crippen molar-refractivity contribution in [3.05, 3.63) is 57.0 Å². The van der Waals surface area contributed by atoms with Crippen LogP contribution in [0.15, 0.2) is 29.2 Å². The second kappa shape index (κ2) is 7.67. The van der Waals surface area contributed by atoms with Gasteiger partial charge in [-0.1, -0.05) is 19.9 Å². The van der Waals surface area contributed by atoms with Gasteiger partial charge >= 0.3 is 0 Å². The third-order valence-electron chi connectivity index (χ3n) is 7.72. The maximum absolute atomic E-state index is 12.4. The first kappa shape index (κ1) is 20.6. The largest absolute Gasteiger partial charge is 0.381 e. The summed E-state index contributed by atoms with van der Waals surface area (Å²) in [6, 6.07) is 7.01. The summed E-state index contributed by atoms with van der Waals surface area (Å²) >= 11 is 0. The summed E-state index contributed by atoms with van der Waals surface area (Å²) < 4.78 is 7.05. The van der Waals surface area contributed by atoms with E-state index in [1.165, 1.54) is 41.3 Å². The molecule has 4 heteroatoms. The van der Waals surface area contributed by atoms with E-state index in [0.717, 1.165) is 47.4 Å². The molecule has 2 aliphatic rings. The van der Waals surface area contributed by atoms with Gasteiger partial charge in [-0.15, -0.1) is 0 Å². The van der Waals surface area contributed by atoms with Crippen molar-refractivity contribution < 1.29 is 4.74 Å². The summed E-state index contributed by atoms with van der Waals surface area (Å²) in [4.78, 5) is 16.1. The molecule has 4 nitrogen and oxygen atoms in total. The quantitative estimate of drug-likeness (QED) is 0.569. The average molecular weight is 419 g/mol. The van der Waals surface area contributed by atoms with Crippen LogP contribution >= 0.6 is 0 Å². The molecular weight excluding hydrogens is 384 g/mol. The Morgan fingerprint density at radius 1 is 1.13 bits per heavy atom. The first-order chi connectivity index (χ1) is 14.8. The van der Waals surface area contributed by atoms with Gasteiger partial charge in [-0.05, 0) is 79.7 Å². The number of aryl methyl sites for hydroxylation is 1. The van der Waals surface area contributed by atoms with Gasteiger partial charge in [-0.3, -0.25) is 4.79 Å². The van der Waals surface area contributed by atoms with Gasteiger partial charge in [0.05, 0.1) is 18.9 Å². The molecule has 0 unspecified atom stereocenters. The molecule has 3 heterocycles. The molecule has 0 amide bonds. The summed E-state index contributed by atoms with van der Waals surface area (Å²) in [6.07, 6.45) is 5.96. The van der Waals surface area contributed by atoms with E-state index in [0.29, 0.717) is 11.8 Å². The normalized spacial score (nSPS) is 21.5. The summed E-state index contributed by atoms with van der Waals surface area (Å²) in [5, 5.41) is 1.34. The van der Waals surface area contributed by atoms with E-state index < -0.39 is 0 Å². The van der Waals surface area contributed by atoms with E-state index >= 15 is 0 Å². The number of ether oxygens (including phenoxy) is 1. The Balaban J connectivity index is 1.51. The number of aromatic nitrogens is 2. The first-order valence-corrected chi connectivity index (χ1v) is 11.7. The number of H-pyrrole nitrogens is 1. The van der Waals surface area contributed by atoms with Crippen molar-refractivity contribution in [3.63, 3.8) is 0 Å². The molecule has 1 N–H and O–H groups in total. The van der Waals surface area contributed by atoms with Crippen LogP contribution in [0, 0.1) is 25.7 Å². The molecule has 2 fully saturated rings. The molecule has 164 valence electrons. The second-order valence-corrected chi connectivity index (χ2v) is 10.3. The minimum Gasteiger partial charge on any atom is -0.381 e. The van der Waals surface area contributed by atoms with E-state index in [-0.39, 0.29) is 5.56 Å². The van der Waals surface area contributed by atoms with Gasteiger partial charge in [0.15, 0.2) is 0 Å². The number of fused-ring (bicyclic) bond motifs is 1. The highest BCUT2D eigenvalue weighted by Crippen LogP contribution is 2.46. The van der Waals surface area contributed by atoms with Crippen LogP contribution in [0.1, 0.15) is 67.2 Å². The van der Waals surface area contributed by atoms with Crippen LogP contribution in [-0.4, -0.2) is 22.8 Å². The number of benzene rings is 1. The van der Waals surface area contributed by atoms with Crippen molar-refractivity contribution in [2.45, 2.75) is 58.8 Å². The number of nitrogens with one attached hydrogen (secondary N) is 1. The van der Waals surface area contributed by atoms with Crippen molar-refractivity contribution in [3.8, 4) is 11.3 Å². The van der Waals surface area contributed by atoms with E-state index in [1.54, 1.807) is 4.57 Å². The highest BCUT2D eigenvalue weighted by atomic mass is 16.5. The first-order valence-electron chi connectivity index (χ1n) is 11.7. The number of hydrogen-bond donors (Lipinski definition) is 1. The van der Waals surface area contributed by atoms with E-state index in [2.05, 4.69) is 44.0 Å². The maximum Gasteiger partial charge on any atom is 0.253 e. The predicted molar refractivity (Wildman–Crippen MR) is 127 cm³/mol. The Morgan fingerprint density at radius 3 is 2.52 bits per heavy atom. The molecule has 0 spiro atoms. The van der Waals surface area contributed by atoms with E-state index in [9.17, 15) is 4.79 Å². The zero-order valence-electron chi connectivity index (χ0n) is 19.4. The third-order valence-corrected chi connectivity index (χ3v) is 7.72. The lowest BCUT2D eigenvalue weighted by Crippen LogP contribution is -2.33. The van der Waals surface area contributed by atoms with Gasteiger partial charge in [-0.2, -0.15) is 0 Å². The van der Waals surface area contributed by atoms with Crippen molar-refractivity contribution in [2.75, 3.05) is 13.2 Å². The fourth-order valence-electron chi connectivity index (χ4n) is 5.62. The highest BCUT2D eigenvalue weighted by Gasteiger charge is 2.34. The smallest absolute Gasteiger partial charge is 0.253 e. The Bertz CT molecular complexity index is 1190. The van der Waals surface area contributed by atoms with Crippen LogP contribution in [0.2, 0.25) is 0 Å². The molecule has 1 saturated carbocycles. The number of hydrogen-bond acceptors (Lipinski definition) is 2. The average Bonchev–Trinajstić information content (AvgIpc) is 3.05. The standard InChI is InChI=1S/C27H34N2O2/c1-15(2)25-22-11-20(21-9-18(10-21)8-19-13-31-14-19)6-7-24(22)28-26(25)23-12-29(5)27(30)17(4)16(23)3/h6-7,11-12,15,18-19,21,28H,8-10,13-14H2,1-5H3. The minimum atomic E-state index is 0.0822. The van der Waals surface area contributed by atoms with Crippen LogP contribution in [-0.2, 0) is 11.8 Å². The third kappa shape index (κ3) is 3.45. The lowest BCUT2D eigenvalue weighted by molar-refractivity contribution is -0.0489. The van der Waals surface area contributed by atoms with Gasteiger partial charge in [0, 0.05) is 41.2 Å². The number of aromatic amines is 1. The number of pyridine rings is 1.